The number of ether oxygens (including phenoxy) is 3. The molecule has 0 bridgehead atoms. The number of nitrogens with one attached hydrogen (secondary N) is 1. The van der Waals surface area contributed by atoms with Crippen molar-refractivity contribution in [2.75, 3.05) is 28.4 Å². The summed E-state index contributed by atoms with van der Waals surface area (Å²) < 4.78 is 29.9. The molecule has 2 rings (SSSR count). The number of halogens is 1. The van der Waals surface area contributed by atoms with E-state index in [1.165, 1.54) is 31.6 Å². The van der Waals surface area contributed by atoms with Crippen molar-refractivity contribution in [3.8, 4) is 17.2 Å². The van der Waals surface area contributed by atoms with Crippen LogP contribution in [0.15, 0.2) is 23.6 Å². The van der Waals surface area contributed by atoms with E-state index in [-0.39, 0.29) is 11.9 Å². The Morgan fingerprint density at radius 3 is 2.24 bits per heavy atom. The summed E-state index contributed by atoms with van der Waals surface area (Å²) in [5.41, 5.74) is 0.500. The molecule has 0 radical (unpaired) electrons. The lowest BCUT2D eigenvalue weighted by Crippen LogP contribution is -2.18. The van der Waals surface area contributed by atoms with Crippen LogP contribution >= 0.6 is 11.3 Å². The molecule has 0 amide bonds. The van der Waals surface area contributed by atoms with Crippen LogP contribution in [0.25, 0.3) is 0 Å². The zero-order chi connectivity index (χ0) is 15.4. The molecule has 0 aliphatic heterocycles. The molecule has 1 unspecified atom stereocenters. The molecule has 1 heterocycles. The quantitative estimate of drug-likeness (QED) is 0.889. The summed E-state index contributed by atoms with van der Waals surface area (Å²) in [7, 11) is 6.41. The fourth-order valence-corrected chi connectivity index (χ4v) is 3.12. The maximum atomic E-state index is 14.4. The molecule has 21 heavy (non-hydrogen) atoms. The second-order valence-electron chi connectivity index (χ2n) is 4.34. The average molecular weight is 311 g/mol. The zero-order valence-electron chi connectivity index (χ0n) is 12.4. The predicted octanol–water partition coefficient (Wildman–Crippen LogP) is 3.22. The van der Waals surface area contributed by atoms with Crippen LogP contribution in [0.1, 0.15) is 16.5 Å². The van der Waals surface area contributed by atoms with Gasteiger partial charge in [-0.2, -0.15) is 0 Å². The van der Waals surface area contributed by atoms with Gasteiger partial charge in [0.2, 0.25) is 0 Å². The van der Waals surface area contributed by atoms with E-state index >= 15 is 0 Å². The Balaban J connectivity index is 2.46. The molecule has 1 aromatic heterocycles. The number of rotatable bonds is 6. The third-order valence-corrected chi connectivity index (χ3v) is 4.19. The summed E-state index contributed by atoms with van der Waals surface area (Å²) in [6.07, 6.45) is 0. The van der Waals surface area contributed by atoms with Gasteiger partial charge in [-0.15, -0.1) is 11.3 Å². The molecular formula is C15H18FNO3S. The van der Waals surface area contributed by atoms with E-state index in [2.05, 4.69) is 5.32 Å². The van der Waals surface area contributed by atoms with Crippen molar-refractivity contribution in [2.24, 2.45) is 0 Å². The van der Waals surface area contributed by atoms with Crippen LogP contribution in [0.4, 0.5) is 4.39 Å². The summed E-state index contributed by atoms with van der Waals surface area (Å²) in [4.78, 5) is 0.959. The molecule has 1 aromatic carbocycles. The van der Waals surface area contributed by atoms with Gasteiger partial charge in [0, 0.05) is 21.9 Å². The SMILES string of the molecule is CNC(c1cc(OC)cs1)c1cc(OC)c(OC)cc1F. The van der Waals surface area contributed by atoms with Crippen molar-refractivity contribution in [3.63, 3.8) is 0 Å². The van der Waals surface area contributed by atoms with Gasteiger partial charge in [0.05, 0.1) is 27.4 Å². The van der Waals surface area contributed by atoms with Gasteiger partial charge < -0.3 is 19.5 Å². The minimum atomic E-state index is -0.348. The van der Waals surface area contributed by atoms with Gasteiger partial charge in [0.1, 0.15) is 11.6 Å². The first-order valence-electron chi connectivity index (χ1n) is 6.35. The summed E-state index contributed by atoms with van der Waals surface area (Å²) in [5.74, 6) is 1.28. The molecule has 1 N–H and O–H groups in total. The lowest BCUT2D eigenvalue weighted by Gasteiger charge is -2.18. The van der Waals surface area contributed by atoms with Gasteiger partial charge in [0.25, 0.3) is 0 Å². The maximum Gasteiger partial charge on any atom is 0.163 e. The highest BCUT2D eigenvalue weighted by Crippen LogP contribution is 2.37. The zero-order valence-corrected chi connectivity index (χ0v) is 13.2. The lowest BCUT2D eigenvalue weighted by atomic mass is 10.0. The highest BCUT2D eigenvalue weighted by atomic mass is 32.1. The van der Waals surface area contributed by atoms with Crippen molar-refractivity contribution in [1.82, 2.24) is 5.32 Å². The maximum absolute atomic E-state index is 14.4. The molecule has 1 atom stereocenters. The van der Waals surface area contributed by atoms with E-state index < -0.39 is 0 Å². The van der Waals surface area contributed by atoms with Crippen LogP contribution in [0.5, 0.6) is 17.2 Å². The average Bonchev–Trinajstić information content (AvgIpc) is 2.98. The molecular weight excluding hydrogens is 293 g/mol. The van der Waals surface area contributed by atoms with E-state index in [0.29, 0.717) is 17.1 Å². The Morgan fingerprint density at radius 1 is 1.05 bits per heavy atom. The van der Waals surface area contributed by atoms with Crippen LogP contribution in [-0.2, 0) is 0 Å². The largest absolute Gasteiger partial charge is 0.496 e. The van der Waals surface area contributed by atoms with E-state index in [0.717, 1.165) is 10.6 Å². The van der Waals surface area contributed by atoms with Crippen LogP contribution in [0.3, 0.4) is 0 Å². The van der Waals surface area contributed by atoms with Crippen molar-refractivity contribution >= 4 is 11.3 Å². The normalized spacial score (nSPS) is 12.0. The molecule has 6 heteroatoms. The predicted molar refractivity (Wildman–Crippen MR) is 81.3 cm³/mol. The Kier molecular flexibility index (Phi) is 5.03. The summed E-state index contributed by atoms with van der Waals surface area (Å²) in [6.45, 7) is 0. The van der Waals surface area contributed by atoms with E-state index in [9.17, 15) is 4.39 Å². The van der Waals surface area contributed by atoms with Crippen molar-refractivity contribution in [1.29, 1.82) is 0 Å². The van der Waals surface area contributed by atoms with Crippen LogP contribution in [0, 0.1) is 5.82 Å². The number of hydrogen-bond acceptors (Lipinski definition) is 5. The Morgan fingerprint density at radius 2 is 1.71 bits per heavy atom. The minimum Gasteiger partial charge on any atom is -0.496 e. The van der Waals surface area contributed by atoms with E-state index in [1.54, 1.807) is 20.2 Å². The molecule has 4 nitrogen and oxygen atoms in total. The molecule has 0 aliphatic carbocycles. The monoisotopic (exact) mass is 311 g/mol. The summed E-state index contributed by atoms with van der Waals surface area (Å²) in [5, 5.41) is 5.01. The molecule has 114 valence electrons. The second-order valence-corrected chi connectivity index (χ2v) is 5.28. The first-order chi connectivity index (χ1) is 10.1. The molecule has 0 spiro atoms. The highest BCUT2D eigenvalue weighted by molar-refractivity contribution is 7.10. The molecule has 0 saturated carbocycles. The molecule has 0 aliphatic rings. The minimum absolute atomic E-state index is 0.279. The van der Waals surface area contributed by atoms with Gasteiger partial charge in [0.15, 0.2) is 11.5 Å². The first kappa shape index (κ1) is 15.6. The Hall–Kier alpha value is -1.79. The van der Waals surface area contributed by atoms with Crippen LogP contribution in [0.2, 0.25) is 0 Å². The number of benzene rings is 1. The lowest BCUT2D eigenvalue weighted by molar-refractivity contribution is 0.351. The van der Waals surface area contributed by atoms with Crippen LogP contribution < -0.4 is 19.5 Å². The molecule has 0 fully saturated rings. The number of thiophene rings is 1. The third kappa shape index (κ3) is 3.11. The van der Waals surface area contributed by atoms with Crippen molar-refractivity contribution in [2.45, 2.75) is 6.04 Å². The van der Waals surface area contributed by atoms with Crippen molar-refractivity contribution < 1.29 is 18.6 Å². The number of hydrogen-bond donors (Lipinski definition) is 1. The second kappa shape index (κ2) is 6.78. The fourth-order valence-electron chi connectivity index (χ4n) is 2.13. The summed E-state index contributed by atoms with van der Waals surface area (Å²) >= 11 is 1.51. The topological polar surface area (TPSA) is 39.7 Å². The molecule has 2 aromatic rings. The van der Waals surface area contributed by atoms with Gasteiger partial charge in [-0.25, -0.2) is 4.39 Å². The Labute approximate surface area is 127 Å². The highest BCUT2D eigenvalue weighted by Gasteiger charge is 2.21. The molecule has 0 saturated heterocycles. The smallest absolute Gasteiger partial charge is 0.163 e. The van der Waals surface area contributed by atoms with Gasteiger partial charge in [-0.05, 0) is 19.2 Å². The summed E-state index contributed by atoms with van der Waals surface area (Å²) in [6, 6.07) is 4.60. The fraction of sp³-hybridized carbons (Fsp3) is 0.333. The number of methoxy groups -OCH3 is 3. The van der Waals surface area contributed by atoms with E-state index in [4.69, 9.17) is 14.2 Å². The van der Waals surface area contributed by atoms with Gasteiger partial charge in [-0.3, -0.25) is 0 Å². The Bertz CT molecular complexity index is 615. The van der Waals surface area contributed by atoms with Crippen molar-refractivity contribution in [3.05, 3.63) is 39.8 Å². The van der Waals surface area contributed by atoms with Gasteiger partial charge in [-0.1, -0.05) is 0 Å². The van der Waals surface area contributed by atoms with Crippen LogP contribution in [-0.4, -0.2) is 28.4 Å². The van der Waals surface area contributed by atoms with Gasteiger partial charge >= 0.3 is 0 Å². The third-order valence-electron chi connectivity index (χ3n) is 3.22. The standard InChI is InChI=1S/C15H18FNO3S/c1-17-15(14-5-9(18-2)8-21-14)10-6-12(19-3)13(20-4)7-11(10)16/h5-8,15,17H,1-4H3. The first-order valence-corrected chi connectivity index (χ1v) is 7.23. The van der Waals surface area contributed by atoms with E-state index in [1.807, 2.05) is 11.4 Å².